The largest absolute Gasteiger partial charge is 0.461 e. The fourth-order valence-corrected chi connectivity index (χ4v) is 5.87. The predicted molar refractivity (Wildman–Crippen MR) is 106 cm³/mol. The number of carbonyl (C=O) groups excluding carboxylic acids is 1. The highest BCUT2D eigenvalue weighted by Crippen LogP contribution is 2.85. The average Bonchev–Trinajstić information content (AvgIpc) is 3.25. The monoisotopic (exact) mass is 383 g/mol. The fourth-order valence-electron chi connectivity index (χ4n) is 5.87. The summed E-state index contributed by atoms with van der Waals surface area (Å²) in [6.07, 6.45) is 0. The molecular weight excluding hydrogens is 366 g/mol. The Kier molecular flexibility index (Phi) is 3.15. The summed E-state index contributed by atoms with van der Waals surface area (Å²) in [6, 6.07) is 22.7. The minimum Gasteiger partial charge on any atom is -0.461 e. The summed E-state index contributed by atoms with van der Waals surface area (Å²) < 4.78 is 5.79. The molecule has 3 aromatic rings. The van der Waals surface area contributed by atoms with Gasteiger partial charge in [0.05, 0.1) is 17.1 Å². The van der Waals surface area contributed by atoms with E-state index in [1.165, 1.54) is 46.5 Å². The molecular formula is C24H17NO4. The zero-order chi connectivity index (χ0) is 19.8. The minimum atomic E-state index is -0.479. The van der Waals surface area contributed by atoms with Crippen LogP contribution in [0.4, 0.5) is 5.69 Å². The molecule has 4 atom stereocenters. The van der Waals surface area contributed by atoms with Crippen molar-refractivity contribution >= 4 is 11.7 Å². The normalized spacial score (nSPS) is 27.0. The molecule has 0 N–H and O–H groups in total. The molecule has 0 amide bonds. The van der Waals surface area contributed by atoms with Crippen molar-refractivity contribution in [2.75, 3.05) is 6.61 Å². The van der Waals surface area contributed by atoms with E-state index in [0.29, 0.717) is 24.0 Å². The summed E-state index contributed by atoms with van der Waals surface area (Å²) in [6.45, 7) is 0.353. The van der Waals surface area contributed by atoms with Gasteiger partial charge < -0.3 is 4.74 Å². The van der Waals surface area contributed by atoms with Crippen LogP contribution in [-0.4, -0.2) is 17.5 Å². The van der Waals surface area contributed by atoms with Gasteiger partial charge in [0.25, 0.3) is 5.69 Å². The molecule has 5 nitrogen and oxygen atoms in total. The van der Waals surface area contributed by atoms with Crippen molar-refractivity contribution < 1.29 is 14.5 Å². The van der Waals surface area contributed by atoms with Crippen molar-refractivity contribution in [3.05, 3.63) is 111 Å². The molecule has 0 bridgehead atoms. The lowest BCUT2D eigenvalue weighted by Gasteiger charge is -2.21. The summed E-state index contributed by atoms with van der Waals surface area (Å²) in [4.78, 5) is 23.0. The second-order valence-electron chi connectivity index (χ2n) is 8.14. The first kappa shape index (κ1) is 16.5. The first-order chi connectivity index (χ1) is 14.1. The number of carbonyl (C=O) groups is 1. The highest BCUT2D eigenvalue weighted by Gasteiger charge is 2.78. The van der Waals surface area contributed by atoms with Gasteiger partial charge in [-0.2, -0.15) is 0 Å². The lowest BCUT2D eigenvalue weighted by Crippen LogP contribution is -2.20. The first-order valence-electron chi connectivity index (χ1n) is 9.72. The molecule has 0 saturated heterocycles. The van der Waals surface area contributed by atoms with Crippen molar-refractivity contribution in [2.45, 2.75) is 17.8 Å². The number of nitro benzene ring substituents is 1. The lowest BCUT2D eigenvalue weighted by atomic mass is 9.85. The van der Waals surface area contributed by atoms with Gasteiger partial charge in [-0.05, 0) is 34.4 Å². The van der Waals surface area contributed by atoms with E-state index in [9.17, 15) is 14.9 Å². The summed E-state index contributed by atoms with van der Waals surface area (Å²) >= 11 is 0. The Hall–Kier alpha value is -3.47. The molecule has 0 aromatic heterocycles. The molecule has 0 aliphatic heterocycles. The zero-order valence-electron chi connectivity index (χ0n) is 15.4. The second kappa shape index (κ2) is 5.54. The maximum absolute atomic E-state index is 12.6. The van der Waals surface area contributed by atoms with Crippen molar-refractivity contribution in [3.63, 3.8) is 0 Å². The molecule has 5 heteroatoms. The van der Waals surface area contributed by atoms with E-state index in [-0.39, 0.29) is 17.0 Å². The lowest BCUT2D eigenvalue weighted by molar-refractivity contribution is -0.384. The topological polar surface area (TPSA) is 69.4 Å². The minimum absolute atomic E-state index is 0.0397. The van der Waals surface area contributed by atoms with E-state index in [1.807, 2.05) is 0 Å². The third-order valence-corrected chi connectivity index (χ3v) is 6.97. The number of esters is 1. The Bertz CT molecular complexity index is 1130. The molecule has 3 aliphatic rings. The smallest absolute Gasteiger partial charge is 0.338 e. The molecule has 6 rings (SSSR count). The predicted octanol–water partition coefficient (Wildman–Crippen LogP) is 4.78. The van der Waals surface area contributed by atoms with Crippen LogP contribution in [0.5, 0.6) is 0 Å². The molecule has 29 heavy (non-hydrogen) atoms. The number of fused-ring (bicyclic) bond motifs is 7. The number of ether oxygens (including phenoxy) is 1. The van der Waals surface area contributed by atoms with Crippen LogP contribution in [0.3, 0.4) is 0 Å². The van der Waals surface area contributed by atoms with Crippen LogP contribution < -0.4 is 0 Å². The SMILES string of the molecule is O=C(OCC12C3c4ccccc4[C@@H]1[C@@H]2c1ccccc13)c1ccc([N+](=O)[O-])cc1. The number of non-ortho nitro benzene ring substituents is 1. The van der Waals surface area contributed by atoms with Gasteiger partial charge >= 0.3 is 5.97 Å². The van der Waals surface area contributed by atoms with Gasteiger partial charge in [-0.3, -0.25) is 10.1 Å². The van der Waals surface area contributed by atoms with Crippen LogP contribution in [0.25, 0.3) is 0 Å². The van der Waals surface area contributed by atoms with Gasteiger partial charge in [0.2, 0.25) is 0 Å². The summed E-state index contributed by atoms with van der Waals surface area (Å²) in [5.74, 6) is 0.611. The molecule has 142 valence electrons. The number of rotatable bonds is 4. The van der Waals surface area contributed by atoms with Crippen molar-refractivity contribution in [1.82, 2.24) is 0 Å². The molecule has 0 spiro atoms. The van der Waals surface area contributed by atoms with Crippen LogP contribution in [-0.2, 0) is 4.74 Å². The van der Waals surface area contributed by atoms with Crippen LogP contribution in [0, 0.1) is 15.5 Å². The standard InChI is InChI=1S/C24H17NO4/c26-23(14-9-11-15(12-10-14)25(27)28)29-13-24-20-16-5-1-3-7-18(16)21(24)22(24)19-8-4-2-6-17(19)20/h1-12,20-22H,13H2/t20?,21-,22+,24?. The third-order valence-electron chi connectivity index (χ3n) is 6.97. The quantitative estimate of drug-likeness (QED) is 0.369. The Morgan fingerprint density at radius 1 is 0.862 bits per heavy atom. The highest BCUT2D eigenvalue weighted by molar-refractivity contribution is 5.89. The number of hydrogen-bond acceptors (Lipinski definition) is 4. The van der Waals surface area contributed by atoms with E-state index in [1.54, 1.807) is 0 Å². The molecule has 0 radical (unpaired) electrons. The van der Waals surface area contributed by atoms with E-state index in [2.05, 4.69) is 48.5 Å². The fraction of sp³-hybridized carbons (Fsp3) is 0.208. The van der Waals surface area contributed by atoms with E-state index in [0.717, 1.165) is 0 Å². The zero-order valence-corrected chi connectivity index (χ0v) is 15.4. The summed E-state index contributed by atoms with van der Waals surface area (Å²) in [5, 5.41) is 10.8. The Balaban J connectivity index is 1.30. The molecule has 0 heterocycles. The number of nitro groups is 1. The molecule has 1 saturated carbocycles. The second-order valence-corrected chi connectivity index (χ2v) is 8.14. The van der Waals surface area contributed by atoms with Crippen molar-refractivity contribution in [2.24, 2.45) is 5.41 Å². The summed E-state index contributed by atoms with van der Waals surface area (Å²) in [5.41, 5.74) is 5.67. The Labute approximate surface area is 167 Å². The third kappa shape index (κ3) is 2.02. The molecule has 1 fully saturated rings. The number of hydrogen-bond donors (Lipinski definition) is 0. The maximum atomic E-state index is 12.6. The van der Waals surface area contributed by atoms with E-state index >= 15 is 0 Å². The van der Waals surface area contributed by atoms with Crippen molar-refractivity contribution in [3.8, 4) is 0 Å². The van der Waals surface area contributed by atoms with Crippen LogP contribution >= 0.6 is 0 Å². The van der Waals surface area contributed by atoms with E-state index < -0.39 is 10.9 Å². The van der Waals surface area contributed by atoms with Gasteiger partial charge in [-0.15, -0.1) is 0 Å². The highest BCUT2D eigenvalue weighted by atomic mass is 16.6. The Morgan fingerprint density at radius 2 is 1.38 bits per heavy atom. The molecule has 2 unspecified atom stereocenters. The van der Waals surface area contributed by atoms with Gasteiger partial charge in [-0.1, -0.05) is 48.5 Å². The summed E-state index contributed by atoms with van der Waals surface area (Å²) in [7, 11) is 0. The van der Waals surface area contributed by atoms with E-state index in [4.69, 9.17) is 4.74 Å². The first-order valence-corrected chi connectivity index (χ1v) is 9.72. The average molecular weight is 383 g/mol. The van der Waals surface area contributed by atoms with Crippen LogP contribution in [0.15, 0.2) is 72.8 Å². The van der Waals surface area contributed by atoms with Crippen molar-refractivity contribution in [1.29, 1.82) is 0 Å². The number of nitrogens with zero attached hydrogens (tertiary/aromatic N) is 1. The van der Waals surface area contributed by atoms with Gasteiger partial charge in [0, 0.05) is 35.3 Å². The molecule has 3 aromatic carbocycles. The Morgan fingerprint density at radius 3 is 1.90 bits per heavy atom. The van der Waals surface area contributed by atoms with Crippen LogP contribution in [0.1, 0.15) is 50.4 Å². The van der Waals surface area contributed by atoms with Gasteiger partial charge in [0.1, 0.15) is 0 Å². The van der Waals surface area contributed by atoms with Crippen LogP contribution in [0.2, 0.25) is 0 Å². The van der Waals surface area contributed by atoms with Gasteiger partial charge in [-0.25, -0.2) is 4.79 Å². The number of benzene rings is 3. The molecule has 3 aliphatic carbocycles. The van der Waals surface area contributed by atoms with Gasteiger partial charge in [0.15, 0.2) is 0 Å². The maximum Gasteiger partial charge on any atom is 0.338 e.